The van der Waals surface area contributed by atoms with Gasteiger partial charge >= 0.3 is 0 Å². The molecule has 1 aromatic heterocycles. The van der Waals surface area contributed by atoms with E-state index in [2.05, 4.69) is 4.98 Å². The first-order chi connectivity index (χ1) is 8.67. The van der Waals surface area contributed by atoms with E-state index in [9.17, 15) is 4.79 Å². The summed E-state index contributed by atoms with van der Waals surface area (Å²) < 4.78 is 5.12. The summed E-state index contributed by atoms with van der Waals surface area (Å²) >= 11 is 1.35. The maximum atomic E-state index is 11.9. The third-order valence-electron chi connectivity index (χ3n) is 2.48. The van der Waals surface area contributed by atoms with Gasteiger partial charge in [0.1, 0.15) is 11.5 Å². The second-order valence-electron chi connectivity index (χ2n) is 3.92. The van der Waals surface area contributed by atoms with E-state index in [4.69, 9.17) is 10.5 Å². The van der Waals surface area contributed by atoms with Crippen LogP contribution in [0.15, 0.2) is 29.6 Å². The van der Waals surface area contributed by atoms with Crippen LogP contribution in [-0.4, -0.2) is 17.9 Å². The monoisotopic (exact) mass is 262 g/mol. The minimum absolute atomic E-state index is 0.119. The molecule has 0 saturated carbocycles. The smallest absolute Gasteiger partial charge is 0.180 e. The Morgan fingerprint density at radius 1 is 1.44 bits per heavy atom. The minimum Gasteiger partial charge on any atom is -0.497 e. The zero-order valence-corrected chi connectivity index (χ0v) is 10.9. The Bertz CT molecular complexity index is 551. The van der Waals surface area contributed by atoms with E-state index < -0.39 is 0 Å². The summed E-state index contributed by atoms with van der Waals surface area (Å²) in [5, 5.41) is 2.32. The number of hydrogen-bond acceptors (Lipinski definition) is 5. The molecule has 5 heteroatoms. The van der Waals surface area contributed by atoms with E-state index in [1.165, 1.54) is 11.3 Å². The zero-order chi connectivity index (χ0) is 13.0. The van der Waals surface area contributed by atoms with Gasteiger partial charge in [-0.25, -0.2) is 4.98 Å². The highest BCUT2D eigenvalue weighted by atomic mass is 32.1. The quantitative estimate of drug-likeness (QED) is 0.896. The Labute approximate surface area is 109 Å². The van der Waals surface area contributed by atoms with Gasteiger partial charge in [-0.05, 0) is 17.7 Å². The number of nitrogen functional groups attached to an aromatic ring is 1. The van der Waals surface area contributed by atoms with Crippen molar-refractivity contribution in [2.75, 3.05) is 12.8 Å². The summed E-state index contributed by atoms with van der Waals surface area (Å²) in [7, 11) is 1.61. The number of nitrogens with two attached hydrogens (primary N) is 1. The summed E-state index contributed by atoms with van der Waals surface area (Å²) in [5.74, 6) is 0.881. The van der Waals surface area contributed by atoms with E-state index in [0.29, 0.717) is 18.0 Å². The standard InChI is InChI=1S/C13H14N2O2S/c1-17-12-4-2-3-9(6-12)5-11(16)7-10-8-18-13(14)15-10/h2-4,6,8H,5,7H2,1H3,(H2,14,15). The van der Waals surface area contributed by atoms with Crippen molar-refractivity contribution < 1.29 is 9.53 Å². The summed E-state index contributed by atoms with van der Waals surface area (Å²) in [4.78, 5) is 16.0. The summed E-state index contributed by atoms with van der Waals surface area (Å²) in [6.45, 7) is 0. The Balaban J connectivity index is 1.98. The van der Waals surface area contributed by atoms with Crippen molar-refractivity contribution in [3.05, 3.63) is 40.9 Å². The van der Waals surface area contributed by atoms with Gasteiger partial charge in [0.05, 0.1) is 12.8 Å². The second-order valence-corrected chi connectivity index (χ2v) is 4.81. The van der Waals surface area contributed by atoms with Crippen molar-refractivity contribution in [1.82, 2.24) is 4.98 Å². The average Bonchev–Trinajstić information content (AvgIpc) is 2.74. The molecule has 1 aromatic carbocycles. The van der Waals surface area contributed by atoms with E-state index in [1.54, 1.807) is 7.11 Å². The number of ketones is 1. The number of nitrogens with zero attached hydrogens (tertiary/aromatic N) is 1. The highest BCUT2D eigenvalue weighted by Crippen LogP contribution is 2.15. The molecule has 0 fully saturated rings. The molecule has 0 aliphatic carbocycles. The van der Waals surface area contributed by atoms with Crippen LogP contribution >= 0.6 is 11.3 Å². The molecule has 1 heterocycles. The predicted molar refractivity (Wildman–Crippen MR) is 71.9 cm³/mol. The molecular weight excluding hydrogens is 248 g/mol. The topological polar surface area (TPSA) is 65.2 Å². The number of benzene rings is 1. The molecule has 94 valence electrons. The third kappa shape index (κ3) is 3.30. The number of hydrogen-bond donors (Lipinski definition) is 1. The van der Waals surface area contributed by atoms with E-state index >= 15 is 0 Å². The number of methoxy groups -OCH3 is 1. The number of thiazole rings is 1. The zero-order valence-electron chi connectivity index (χ0n) is 10.1. The van der Waals surface area contributed by atoms with Crippen LogP contribution in [0, 0.1) is 0 Å². The van der Waals surface area contributed by atoms with Crippen LogP contribution in [0.1, 0.15) is 11.3 Å². The van der Waals surface area contributed by atoms with Crippen LogP contribution in [0.25, 0.3) is 0 Å². The first kappa shape index (κ1) is 12.6. The molecule has 0 spiro atoms. The maximum absolute atomic E-state index is 11.9. The summed E-state index contributed by atoms with van der Waals surface area (Å²) in [5.41, 5.74) is 7.21. The van der Waals surface area contributed by atoms with E-state index in [0.717, 1.165) is 17.0 Å². The van der Waals surface area contributed by atoms with Gasteiger partial charge < -0.3 is 10.5 Å². The lowest BCUT2D eigenvalue weighted by atomic mass is 10.1. The third-order valence-corrected chi connectivity index (χ3v) is 3.21. The summed E-state index contributed by atoms with van der Waals surface area (Å²) in [6, 6.07) is 7.51. The van der Waals surface area contributed by atoms with Gasteiger partial charge in [0.2, 0.25) is 0 Å². The molecule has 2 aromatic rings. The molecule has 4 nitrogen and oxygen atoms in total. The van der Waals surface area contributed by atoms with Gasteiger partial charge in [0, 0.05) is 18.2 Å². The van der Waals surface area contributed by atoms with Crippen molar-refractivity contribution >= 4 is 22.3 Å². The Morgan fingerprint density at radius 3 is 2.94 bits per heavy atom. The minimum atomic E-state index is 0.119. The normalized spacial score (nSPS) is 10.3. The van der Waals surface area contributed by atoms with Crippen LogP contribution in [-0.2, 0) is 17.6 Å². The number of carbonyl (C=O) groups excluding carboxylic acids is 1. The molecule has 18 heavy (non-hydrogen) atoms. The molecule has 2 rings (SSSR count). The van der Waals surface area contributed by atoms with Crippen molar-refractivity contribution in [1.29, 1.82) is 0 Å². The van der Waals surface area contributed by atoms with Crippen LogP contribution in [0.3, 0.4) is 0 Å². The molecule has 2 N–H and O–H groups in total. The van der Waals surface area contributed by atoms with Gasteiger partial charge in [0.25, 0.3) is 0 Å². The maximum Gasteiger partial charge on any atom is 0.180 e. The lowest BCUT2D eigenvalue weighted by molar-refractivity contribution is -0.117. The van der Waals surface area contributed by atoms with E-state index in [-0.39, 0.29) is 5.78 Å². The SMILES string of the molecule is COc1cccc(CC(=O)Cc2csc(N)n2)c1. The molecule has 0 aliphatic rings. The predicted octanol–water partition coefficient (Wildman–Crippen LogP) is 2.09. The molecule has 0 amide bonds. The molecule has 0 bridgehead atoms. The Morgan fingerprint density at radius 2 is 2.28 bits per heavy atom. The molecule has 0 radical (unpaired) electrons. The van der Waals surface area contributed by atoms with Crippen LogP contribution in [0.5, 0.6) is 5.75 Å². The van der Waals surface area contributed by atoms with Gasteiger partial charge in [-0.1, -0.05) is 12.1 Å². The van der Waals surface area contributed by atoms with E-state index in [1.807, 2.05) is 29.6 Å². The van der Waals surface area contributed by atoms with Crippen molar-refractivity contribution in [3.63, 3.8) is 0 Å². The first-order valence-electron chi connectivity index (χ1n) is 5.52. The Kier molecular flexibility index (Phi) is 3.94. The summed E-state index contributed by atoms with van der Waals surface area (Å²) in [6.07, 6.45) is 0.708. The highest BCUT2D eigenvalue weighted by Gasteiger charge is 2.08. The Hall–Kier alpha value is -1.88. The molecule has 0 aliphatic heterocycles. The fourth-order valence-electron chi connectivity index (χ4n) is 1.68. The fourth-order valence-corrected chi connectivity index (χ4v) is 2.24. The van der Waals surface area contributed by atoms with Crippen molar-refractivity contribution in [2.45, 2.75) is 12.8 Å². The first-order valence-corrected chi connectivity index (χ1v) is 6.40. The van der Waals surface area contributed by atoms with Crippen LogP contribution < -0.4 is 10.5 Å². The number of rotatable bonds is 5. The number of ether oxygens (including phenoxy) is 1. The molecule has 0 atom stereocenters. The fraction of sp³-hybridized carbons (Fsp3) is 0.231. The van der Waals surface area contributed by atoms with Gasteiger partial charge in [-0.3, -0.25) is 4.79 Å². The van der Waals surface area contributed by atoms with Crippen molar-refractivity contribution in [2.24, 2.45) is 0 Å². The number of Topliss-reactive ketones (excluding diaryl/α,β-unsaturated/α-hetero) is 1. The van der Waals surface area contributed by atoms with Gasteiger partial charge in [-0.2, -0.15) is 0 Å². The molecule has 0 saturated heterocycles. The average molecular weight is 262 g/mol. The van der Waals surface area contributed by atoms with Gasteiger partial charge in [0.15, 0.2) is 5.13 Å². The second kappa shape index (κ2) is 5.64. The highest BCUT2D eigenvalue weighted by molar-refractivity contribution is 7.13. The van der Waals surface area contributed by atoms with Gasteiger partial charge in [-0.15, -0.1) is 11.3 Å². The van der Waals surface area contributed by atoms with Crippen LogP contribution in [0.2, 0.25) is 0 Å². The lowest BCUT2D eigenvalue weighted by Gasteiger charge is -2.03. The number of anilines is 1. The van der Waals surface area contributed by atoms with Crippen LogP contribution in [0.4, 0.5) is 5.13 Å². The lowest BCUT2D eigenvalue weighted by Crippen LogP contribution is -2.07. The van der Waals surface area contributed by atoms with Crippen molar-refractivity contribution in [3.8, 4) is 5.75 Å². The number of aromatic nitrogens is 1. The molecular formula is C13H14N2O2S. The molecule has 0 unspecified atom stereocenters. The number of carbonyl (C=O) groups is 1. The largest absolute Gasteiger partial charge is 0.497 e.